The van der Waals surface area contributed by atoms with Crippen molar-refractivity contribution in [1.29, 1.82) is 0 Å². The molecule has 0 bridgehead atoms. The fourth-order valence-electron chi connectivity index (χ4n) is 3.41. The van der Waals surface area contributed by atoms with Crippen LogP contribution in [0.2, 0.25) is 0 Å². The summed E-state index contributed by atoms with van der Waals surface area (Å²) in [5.74, 6) is 0. The predicted molar refractivity (Wildman–Crippen MR) is 127 cm³/mol. The Kier molecular flexibility index (Phi) is 19.1. The van der Waals surface area contributed by atoms with Gasteiger partial charge in [0.25, 0.3) is 0 Å². The summed E-state index contributed by atoms with van der Waals surface area (Å²) in [5, 5.41) is 3.22. The van der Waals surface area contributed by atoms with E-state index in [1.165, 1.54) is 83.5 Å². The van der Waals surface area contributed by atoms with Crippen LogP contribution in [0.3, 0.4) is 0 Å². The molecule has 1 N–H and O–H groups in total. The third-order valence-corrected chi connectivity index (χ3v) is 5.36. The summed E-state index contributed by atoms with van der Waals surface area (Å²) in [5.41, 5.74) is 2.32. The van der Waals surface area contributed by atoms with Gasteiger partial charge in [-0.25, -0.2) is 0 Å². The van der Waals surface area contributed by atoms with Gasteiger partial charge in [-0.15, -0.1) is 12.4 Å². The van der Waals surface area contributed by atoms with E-state index < -0.39 is 0 Å². The Morgan fingerprint density at radius 3 is 1.71 bits per heavy atom. The topological polar surface area (TPSA) is 29.1 Å². The number of carbonyl (C=O) groups is 1. The number of aryl methyl sites for hydroxylation is 1. The molecule has 0 aliphatic carbocycles. The van der Waals surface area contributed by atoms with Gasteiger partial charge in [-0.05, 0) is 42.1 Å². The largest absolute Gasteiger partial charge is 0.385 e. The molecule has 0 unspecified atom stereocenters. The van der Waals surface area contributed by atoms with Crippen molar-refractivity contribution in [1.82, 2.24) is 0 Å². The van der Waals surface area contributed by atoms with Gasteiger partial charge in [0, 0.05) is 18.7 Å². The first kappa shape index (κ1) is 27.3. The van der Waals surface area contributed by atoms with Crippen molar-refractivity contribution >= 4 is 34.9 Å². The maximum atomic E-state index is 10.8. The van der Waals surface area contributed by atoms with Crippen LogP contribution in [0.4, 0.5) is 5.69 Å². The first-order chi connectivity index (χ1) is 13.2. The summed E-state index contributed by atoms with van der Waals surface area (Å²) < 4.78 is 0. The zero-order valence-corrected chi connectivity index (χ0v) is 19.4. The summed E-state index contributed by atoms with van der Waals surface area (Å²) in [6, 6.07) is 8.34. The lowest BCUT2D eigenvalue weighted by Gasteiger charge is -2.07. The average Bonchev–Trinajstić information content (AvgIpc) is 2.67. The quantitative estimate of drug-likeness (QED) is 0.187. The van der Waals surface area contributed by atoms with Gasteiger partial charge in [-0.2, -0.15) is 0 Å². The molecule has 0 fully saturated rings. The second kappa shape index (κ2) is 19.6. The molecule has 0 spiro atoms. The molecule has 0 heterocycles. The standard InChI is InChI=1S/C24H40ClNO.ClH/c1-2-3-4-5-6-7-8-9-10-11-12-13-14-21-26-23-18-15-22(16-19-23)17-20-24(25)27;/h15-16,18-19,26H,2-14,17,20-21H2,1H3;1H. The minimum atomic E-state index is -0.264. The Morgan fingerprint density at radius 1 is 0.786 bits per heavy atom. The number of hydrogen-bond donors (Lipinski definition) is 1. The fourth-order valence-corrected chi connectivity index (χ4v) is 3.50. The van der Waals surface area contributed by atoms with Crippen LogP contribution in [0.1, 0.15) is 102 Å². The maximum Gasteiger partial charge on any atom is 0.221 e. The first-order valence-corrected chi connectivity index (χ1v) is 11.6. The SMILES string of the molecule is CCCCCCCCCCCCCCCNc1ccc(CCC(=O)Cl)cc1.Cl. The third-order valence-electron chi connectivity index (χ3n) is 5.17. The number of halogens is 2. The van der Waals surface area contributed by atoms with E-state index in [4.69, 9.17) is 11.6 Å². The highest BCUT2D eigenvalue weighted by Crippen LogP contribution is 2.14. The molecule has 162 valence electrons. The molecule has 1 aromatic rings. The lowest BCUT2D eigenvalue weighted by atomic mass is 10.0. The Bertz CT molecular complexity index is 476. The summed E-state index contributed by atoms with van der Waals surface area (Å²) in [4.78, 5) is 10.8. The molecule has 0 atom stereocenters. The Balaban J connectivity index is 0.00000729. The molecule has 0 aliphatic rings. The van der Waals surface area contributed by atoms with Gasteiger partial charge in [-0.1, -0.05) is 96.1 Å². The van der Waals surface area contributed by atoms with E-state index >= 15 is 0 Å². The van der Waals surface area contributed by atoms with Gasteiger partial charge >= 0.3 is 0 Å². The molecule has 1 aromatic carbocycles. The van der Waals surface area contributed by atoms with Crippen molar-refractivity contribution < 1.29 is 4.79 Å². The highest BCUT2D eigenvalue weighted by Gasteiger charge is 1.99. The van der Waals surface area contributed by atoms with Crippen molar-refractivity contribution in [2.75, 3.05) is 11.9 Å². The molecular weight excluding hydrogens is 389 g/mol. The molecule has 0 saturated heterocycles. The van der Waals surface area contributed by atoms with Crippen molar-refractivity contribution in [2.45, 2.75) is 103 Å². The Labute approximate surface area is 184 Å². The van der Waals surface area contributed by atoms with Crippen molar-refractivity contribution in [3.63, 3.8) is 0 Å². The zero-order chi connectivity index (χ0) is 19.6. The van der Waals surface area contributed by atoms with E-state index in [2.05, 4.69) is 36.5 Å². The highest BCUT2D eigenvalue weighted by molar-refractivity contribution is 6.63. The normalized spacial score (nSPS) is 10.5. The van der Waals surface area contributed by atoms with Gasteiger partial charge in [0.05, 0.1) is 0 Å². The van der Waals surface area contributed by atoms with Crippen molar-refractivity contribution in [3.8, 4) is 0 Å². The van der Waals surface area contributed by atoms with Crippen LogP contribution in [0.15, 0.2) is 24.3 Å². The fraction of sp³-hybridized carbons (Fsp3) is 0.708. The van der Waals surface area contributed by atoms with Gasteiger partial charge in [0.15, 0.2) is 0 Å². The van der Waals surface area contributed by atoms with Crippen LogP contribution in [0.5, 0.6) is 0 Å². The van der Waals surface area contributed by atoms with Gasteiger partial charge in [0.1, 0.15) is 0 Å². The smallest absolute Gasteiger partial charge is 0.221 e. The molecular formula is C24H41Cl2NO. The first-order valence-electron chi connectivity index (χ1n) is 11.2. The van der Waals surface area contributed by atoms with E-state index in [0.717, 1.165) is 24.2 Å². The van der Waals surface area contributed by atoms with Crippen molar-refractivity contribution in [3.05, 3.63) is 29.8 Å². The highest BCUT2D eigenvalue weighted by atomic mass is 35.5. The number of anilines is 1. The molecule has 0 amide bonds. The van der Waals surface area contributed by atoms with E-state index in [0.29, 0.717) is 6.42 Å². The average molecular weight is 431 g/mol. The minimum absolute atomic E-state index is 0. The number of hydrogen-bond acceptors (Lipinski definition) is 2. The van der Waals surface area contributed by atoms with Crippen LogP contribution in [-0.4, -0.2) is 11.8 Å². The van der Waals surface area contributed by atoms with E-state index in [-0.39, 0.29) is 17.6 Å². The molecule has 0 aromatic heterocycles. The van der Waals surface area contributed by atoms with Crippen molar-refractivity contribution in [2.24, 2.45) is 0 Å². The Hall–Kier alpha value is -0.730. The van der Waals surface area contributed by atoms with Gasteiger partial charge in [0.2, 0.25) is 5.24 Å². The number of rotatable bonds is 18. The molecule has 0 saturated carbocycles. The molecule has 4 heteroatoms. The Morgan fingerprint density at radius 2 is 1.25 bits per heavy atom. The minimum Gasteiger partial charge on any atom is -0.385 e. The lowest BCUT2D eigenvalue weighted by molar-refractivity contribution is -0.111. The van der Waals surface area contributed by atoms with Crippen LogP contribution in [-0.2, 0) is 11.2 Å². The predicted octanol–water partition coefficient (Wildman–Crippen LogP) is 8.31. The lowest BCUT2D eigenvalue weighted by Crippen LogP contribution is -2.01. The van der Waals surface area contributed by atoms with E-state index in [1.807, 2.05) is 0 Å². The summed E-state index contributed by atoms with van der Waals surface area (Å²) in [7, 11) is 0. The van der Waals surface area contributed by atoms with Crippen LogP contribution in [0, 0.1) is 0 Å². The maximum absolute atomic E-state index is 10.8. The monoisotopic (exact) mass is 429 g/mol. The summed E-state index contributed by atoms with van der Waals surface area (Å²) in [6.07, 6.45) is 19.2. The van der Waals surface area contributed by atoms with Crippen LogP contribution < -0.4 is 5.32 Å². The van der Waals surface area contributed by atoms with Gasteiger partial charge in [-0.3, -0.25) is 4.79 Å². The van der Waals surface area contributed by atoms with Gasteiger partial charge < -0.3 is 5.32 Å². The molecule has 28 heavy (non-hydrogen) atoms. The van der Waals surface area contributed by atoms with E-state index in [1.54, 1.807) is 0 Å². The molecule has 0 aliphatic heterocycles. The number of nitrogens with one attached hydrogen (secondary N) is 1. The molecule has 1 rings (SSSR count). The number of unbranched alkanes of at least 4 members (excludes halogenated alkanes) is 12. The molecule has 2 nitrogen and oxygen atoms in total. The summed E-state index contributed by atoms with van der Waals surface area (Å²) >= 11 is 5.38. The van der Waals surface area contributed by atoms with E-state index in [9.17, 15) is 4.79 Å². The van der Waals surface area contributed by atoms with Crippen LogP contribution in [0.25, 0.3) is 0 Å². The number of carbonyl (C=O) groups excluding carboxylic acids is 1. The zero-order valence-electron chi connectivity index (χ0n) is 17.8. The third kappa shape index (κ3) is 16.2. The molecule has 0 radical (unpaired) electrons. The van der Waals surface area contributed by atoms with Crippen LogP contribution >= 0.6 is 24.0 Å². The second-order valence-electron chi connectivity index (χ2n) is 7.72. The summed E-state index contributed by atoms with van der Waals surface area (Å²) in [6.45, 7) is 3.32. The number of benzene rings is 1. The second-order valence-corrected chi connectivity index (χ2v) is 8.14.